The summed E-state index contributed by atoms with van der Waals surface area (Å²) in [4.78, 5) is 55.0. The molecule has 0 aromatic heterocycles. The van der Waals surface area contributed by atoms with Crippen LogP contribution in [0.5, 0.6) is 0 Å². The number of ether oxygens (including phenoxy) is 1. The summed E-state index contributed by atoms with van der Waals surface area (Å²) in [6.07, 6.45) is 45.0. The summed E-state index contributed by atoms with van der Waals surface area (Å²) in [5.41, 5.74) is -2.05. The van der Waals surface area contributed by atoms with Crippen molar-refractivity contribution in [3.05, 3.63) is 0 Å². The molecule has 0 saturated carbocycles. The maximum atomic E-state index is 14.2. The van der Waals surface area contributed by atoms with Crippen molar-refractivity contribution >= 4 is 23.5 Å². The topological polar surface area (TPSA) is 118 Å². The lowest BCUT2D eigenvalue weighted by atomic mass is 9.72. The van der Waals surface area contributed by atoms with Gasteiger partial charge < -0.3 is 14.9 Å². The van der Waals surface area contributed by atoms with E-state index in [1.54, 1.807) is 0 Å². The lowest BCUT2D eigenvalue weighted by Gasteiger charge is -2.29. The van der Waals surface area contributed by atoms with E-state index in [9.17, 15) is 29.4 Å². The maximum absolute atomic E-state index is 14.2. The average molecular weight is 849 g/mol. The van der Waals surface area contributed by atoms with Gasteiger partial charge in [0.05, 0.1) is 6.61 Å². The van der Waals surface area contributed by atoms with E-state index in [2.05, 4.69) is 20.8 Å². The van der Waals surface area contributed by atoms with Gasteiger partial charge in [-0.3, -0.25) is 9.59 Å². The number of aliphatic hydroxyl groups is 2. The number of rotatable bonds is 48. The van der Waals surface area contributed by atoms with Gasteiger partial charge in [-0.05, 0) is 19.3 Å². The molecule has 0 fully saturated rings. The molecular formula is C53H100O7. The number of ketones is 2. The monoisotopic (exact) mass is 849 g/mol. The fourth-order valence-electron chi connectivity index (χ4n) is 8.70. The summed E-state index contributed by atoms with van der Waals surface area (Å²) in [6.45, 7) is 5.84. The summed E-state index contributed by atoms with van der Waals surface area (Å²) in [5.74, 6) is -3.36. The molecule has 0 saturated heterocycles. The SMILES string of the molecule is CCCCCCCCCCCCCCCCC(C(=O)CCCCCCCCCCCCCCC)(C(=O)CCCCCCCCCCCCCCC)C(=O)OC(=O)C(O)CO. The van der Waals surface area contributed by atoms with Crippen molar-refractivity contribution in [3.8, 4) is 0 Å². The van der Waals surface area contributed by atoms with Crippen LogP contribution in [0.1, 0.15) is 297 Å². The van der Waals surface area contributed by atoms with E-state index in [1.807, 2.05) is 0 Å². The minimum Gasteiger partial charge on any atom is -0.393 e. The number of hydrogen-bond donors (Lipinski definition) is 2. The molecule has 0 rings (SSSR count). The smallest absolute Gasteiger partial charge is 0.345 e. The molecule has 0 aliphatic heterocycles. The Kier molecular flexibility index (Phi) is 42.9. The molecule has 60 heavy (non-hydrogen) atoms. The summed E-state index contributed by atoms with van der Waals surface area (Å²) in [5, 5.41) is 19.3. The van der Waals surface area contributed by atoms with E-state index in [0.717, 1.165) is 64.2 Å². The quantitative estimate of drug-likeness (QED) is 0.0356. The number of aliphatic hydroxyl groups excluding tert-OH is 2. The highest BCUT2D eigenvalue weighted by molar-refractivity contribution is 6.23. The van der Waals surface area contributed by atoms with Crippen molar-refractivity contribution in [1.29, 1.82) is 0 Å². The first-order valence-corrected chi connectivity index (χ1v) is 26.4. The van der Waals surface area contributed by atoms with E-state index >= 15 is 0 Å². The van der Waals surface area contributed by atoms with Crippen molar-refractivity contribution in [1.82, 2.24) is 0 Å². The van der Waals surface area contributed by atoms with Crippen LogP contribution in [0.15, 0.2) is 0 Å². The predicted octanol–water partition coefficient (Wildman–Crippen LogP) is 15.4. The third-order valence-electron chi connectivity index (χ3n) is 12.9. The van der Waals surface area contributed by atoms with Crippen LogP contribution in [-0.2, 0) is 23.9 Å². The Morgan fingerprint density at radius 3 is 0.867 bits per heavy atom. The van der Waals surface area contributed by atoms with Gasteiger partial charge in [-0.15, -0.1) is 0 Å². The molecule has 354 valence electrons. The van der Waals surface area contributed by atoms with Crippen LogP contribution in [0.3, 0.4) is 0 Å². The second-order valence-corrected chi connectivity index (χ2v) is 18.5. The van der Waals surface area contributed by atoms with Gasteiger partial charge in [-0.1, -0.05) is 265 Å². The molecule has 0 bridgehead atoms. The first kappa shape index (κ1) is 58.4. The first-order valence-electron chi connectivity index (χ1n) is 26.4. The summed E-state index contributed by atoms with van der Waals surface area (Å²) < 4.78 is 5.09. The Balaban J connectivity index is 5.28. The van der Waals surface area contributed by atoms with Crippen LogP contribution in [0, 0.1) is 5.41 Å². The van der Waals surface area contributed by atoms with Gasteiger partial charge in [-0.2, -0.15) is 0 Å². The van der Waals surface area contributed by atoms with Crippen molar-refractivity contribution < 1.29 is 34.1 Å². The van der Waals surface area contributed by atoms with Gasteiger partial charge in [0.25, 0.3) is 0 Å². The van der Waals surface area contributed by atoms with E-state index < -0.39 is 41.6 Å². The third kappa shape index (κ3) is 32.1. The van der Waals surface area contributed by atoms with Crippen LogP contribution in [0.4, 0.5) is 0 Å². The highest BCUT2D eigenvalue weighted by Crippen LogP contribution is 2.35. The Hall–Kier alpha value is -1.60. The molecule has 7 heteroatoms. The fraction of sp³-hybridized carbons (Fsp3) is 0.925. The van der Waals surface area contributed by atoms with E-state index in [1.165, 1.54) is 173 Å². The number of carbonyl (C=O) groups is 4. The minimum atomic E-state index is -2.05. The molecule has 0 aromatic carbocycles. The van der Waals surface area contributed by atoms with Gasteiger partial charge in [-0.25, -0.2) is 9.59 Å². The van der Waals surface area contributed by atoms with Gasteiger partial charge in [0.15, 0.2) is 23.1 Å². The Morgan fingerprint density at radius 1 is 0.383 bits per heavy atom. The Bertz CT molecular complexity index is 952. The molecule has 0 heterocycles. The zero-order valence-electron chi connectivity index (χ0n) is 40.1. The average Bonchev–Trinajstić information content (AvgIpc) is 3.25. The molecule has 0 radical (unpaired) electrons. The van der Waals surface area contributed by atoms with Crippen molar-refractivity contribution in [2.24, 2.45) is 5.41 Å². The van der Waals surface area contributed by atoms with Gasteiger partial charge >= 0.3 is 11.9 Å². The van der Waals surface area contributed by atoms with Crippen molar-refractivity contribution in [3.63, 3.8) is 0 Å². The lowest BCUT2D eigenvalue weighted by molar-refractivity contribution is -0.176. The standard InChI is InChI=1S/C53H100O7/c1-4-7-10-13-16-19-22-25-28-31-34-37-40-43-46-53(52(59)60-51(58)48(55)47-54,49(56)44-41-38-35-32-29-26-23-20-17-14-11-8-5-2)50(57)45-42-39-36-33-30-27-24-21-18-15-12-9-6-3/h48,54-55H,4-47H2,1-3H3. The summed E-state index contributed by atoms with van der Waals surface area (Å²) >= 11 is 0. The molecule has 7 nitrogen and oxygen atoms in total. The first-order chi connectivity index (χ1) is 29.3. The van der Waals surface area contributed by atoms with E-state index in [4.69, 9.17) is 4.74 Å². The summed E-state index contributed by atoms with van der Waals surface area (Å²) in [7, 11) is 0. The predicted molar refractivity (Wildman–Crippen MR) is 252 cm³/mol. The molecule has 0 amide bonds. The minimum absolute atomic E-state index is 0.0287. The van der Waals surface area contributed by atoms with E-state index in [-0.39, 0.29) is 19.3 Å². The molecule has 0 aliphatic carbocycles. The number of carbonyl (C=O) groups excluding carboxylic acids is 4. The highest BCUT2D eigenvalue weighted by Gasteiger charge is 2.52. The third-order valence-corrected chi connectivity index (χ3v) is 12.9. The van der Waals surface area contributed by atoms with E-state index in [0.29, 0.717) is 19.3 Å². The largest absolute Gasteiger partial charge is 0.393 e. The number of Topliss-reactive ketones (excluding diaryl/α,β-unsaturated/α-hetero) is 2. The fourth-order valence-corrected chi connectivity index (χ4v) is 8.70. The van der Waals surface area contributed by atoms with Crippen LogP contribution < -0.4 is 0 Å². The van der Waals surface area contributed by atoms with Crippen molar-refractivity contribution in [2.45, 2.75) is 303 Å². The molecule has 2 N–H and O–H groups in total. The molecule has 0 aliphatic rings. The second-order valence-electron chi connectivity index (χ2n) is 18.5. The number of esters is 2. The normalized spacial score (nSPS) is 12.2. The second kappa shape index (κ2) is 44.0. The summed E-state index contributed by atoms with van der Waals surface area (Å²) in [6, 6.07) is 0. The Morgan fingerprint density at radius 2 is 0.617 bits per heavy atom. The lowest BCUT2D eigenvalue weighted by Crippen LogP contribution is -2.49. The van der Waals surface area contributed by atoms with Crippen LogP contribution in [0.2, 0.25) is 0 Å². The van der Waals surface area contributed by atoms with Crippen LogP contribution >= 0.6 is 0 Å². The van der Waals surface area contributed by atoms with Crippen molar-refractivity contribution in [2.75, 3.05) is 6.61 Å². The molecule has 1 atom stereocenters. The van der Waals surface area contributed by atoms with Crippen LogP contribution in [-0.4, -0.2) is 46.4 Å². The highest BCUT2D eigenvalue weighted by atomic mass is 16.6. The zero-order chi connectivity index (χ0) is 44.2. The number of unbranched alkanes of at least 4 members (excludes halogenated alkanes) is 37. The molecule has 0 aromatic rings. The zero-order valence-corrected chi connectivity index (χ0v) is 40.1. The molecular weight excluding hydrogens is 749 g/mol. The van der Waals surface area contributed by atoms with Crippen LogP contribution in [0.25, 0.3) is 0 Å². The molecule has 1 unspecified atom stereocenters. The number of hydrogen-bond acceptors (Lipinski definition) is 7. The van der Waals surface area contributed by atoms with Gasteiger partial charge in [0.2, 0.25) is 0 Å². The molecule has 0 spiro atoms. The van der Waals surface area contributed by atoms with Gasteiger partial charge in [0, 0.05) is 12.8 Å². The Labute approximate surface area is 371 Å². The van der Waals surface area contributed by atoms with Gasteiger partial charge in [0.1, 0.15) is 0 Å². The maximum Gasteiger partial charge on any atom is 0.345 e.